The van der Waals surface area contributed by atoms with Crippen LogP contribution in [0.3, 0.4) is 0 Å². The Bertz CT molecular complexity index is 2140. The number of aromatic amines is 1. The molecular weight excluding hydrogens is 574 g/mol. The lowest BCUT2D eigenvalue weighted by molar-refractivity contribution is 0.0949. The highest BCUT2D eigenvalue weighted by molar-refractivity contribution is 5.94. The summed E-state index contributed by atoms with van der Waals surface area (Å²) >= 11 is 0. The molecule has 2 heterocycles. The normalized spacial score (nSPS) is 12.1. The van der Waals surface area contributed by atoms with E-state index in [9.17, 15) is 27.9 Å². The minimum absolute atomic E-state index is 0.0519. The van der Waals surface area contributed by atoms with E-state index in [1.165, 1.54) is 17.7 Å². The molecule has 0 aliphatic rings. The Morgan fingerprint density at radius 2 is 1.64 bits per heavy atom. The Kier molecular flexibility index (Phi) is 7.42. The maximum atomic E-state index is 15.6. The molecule has 6 aromatic rings. The lowest BCUT2D eigenvalue weighted by Gasteiger charge is -2.22. The van der Waals surface area contributed by atoms with E-state index in [1.807, 2.05) is 0 Å². The molecule has 0 bridgehead atoms. The number of rotatable bonds is 7. The minimum Gasteiger partial charge on any atom is -0.507 e. The van der Waals surface area contributed by atoms with E-state index in [4.69, 9.17) is 0 Å². The van der Waals surface area contributed by atoms with Crippen molar-refractivity contribution >= 4 is 27.7 Å². The van der Waals surface area contributed by atoms with Gasteiger partial charge in [0.05, 0.1) is 22.6 Å². The number of fused-ring (bicyclic) bond motifs is 2. The van der Waals surface area contributed by atoms with E-state index >= 15 is 4.39 Å². The van der Waals surface area contributed by atoms with Crippen molar-refractivity contribution in [2.45, 2.75) is 12.3 Å². The van der Waals surface area contributed by atoms with Gasteiger partial charge in [0, 0.05) is 41.1 Å². The Labute approximate surface area is 248 Å². The summed E-state index contributed by atoms with van der Waals surface area (Å²) in [7, 11) is 1.53. The number of nitrogens with one attached hydrogen (secondary N) is 2. The molecule has 0 saturated heterocycles. The van der Waals surface area contributed by atoms with E-state index < -0.39 is 46.2 Å². The number of benzene rings is 4. The van der Waals surface area contributed by atoms with Crippen molar-refractivity contribution in [2.24, 2.45) is 7.05 Å². The number of aryl methyl sites for hydroxylation is 1. The van der Waals surface area contributed by atoms with Gasteiger partial charge in [-0.1, -0.05) is 36.4 Å². The van der Waals surface area contributed by atoms with Crippen molar-refractivity contribution in [1.82, 2.24) is 14.9 Å². The van der Waals surface area contributed by atoms with Gasteiger partial charge in [0.1, 0.15) is 17.4 Å². The van der Waals surface area contributed by atoms with Crippen LogP contribution in [0.1, 0.15) is 38.7 Å². The van der Waals surface area contributed by atoms with Gasteiger partial charge < -0.3 is 20.0 Å². The zero-order valence-corrected chi connectivity index (χ0v) is 23.3. The molecule has 0 spiro atoms. The lowest BCUT2D eigenvalue weighted by Crippen LogP contribution is -2.28. The highest BCUT2D eigenvalue weighted by atomic mass is 19.2. The molecule has 1 atom stereocenters. The Balaban J connectivity index is 1.53. The van der Waals surface area contributed by atoms with Crippen LogP contribution in [0.2, 0.25) is 0 Å². The third kappa shape index (κ3) is 4.88. The number of carbonyl (C=O) groups is 1. The summed E-state index contributed by atoms with van der Waals surface area (Å²) in [6.07, 6.45) is 0.101. The molecule has 0 radical (unpaired) electrons. The summed E-state index contributed by atoms with van der Waals surface area (Å²) in [5.74, 6) is -6.49. The van der Waals surface area contributed by atoms with Crippen molar-refractivity contribution in [2.75, 3.05) is 6.54 Å². The first kappa shape index (κ1) is 28.7. The third-order valence-corrected chi connectivity index (χ3v) is 7.86. The van der Waals surface area contributed by atoms with Gasteiger partial charge in [0.25, 0.3) is 11.5 Å². The van der Waals surface area contributed by atoms with Crippen LogP contribution in [-0.2, 0) is 13.5 Å². The number of halogens is 4. The Morgan fingerprint density at radius 3 is 2.43 bits per heavy atom. The average molecular weight is 600 g/mol. The number of pyridine rings is 1. The Morgan fingerprint density at radius 1 is 0.909 bits per heavy atom. The van der Waals surface area contributed by atoms with Crippen LogP contribution >= 0.6 is 0 Å². The molecule has 2 aromatic heterocycles. The molecule has 3 N–H and O–H groups in total. The first-order chi connectivity index (χ1) is 21.2. The van der Waals surface area contributed by atoms with E-state index in [-0.39, 0.29) is 29.8 Å². The predicted molar refractivity (Wildman–Crippen MR) is 159 cm³/mol. The Hall–Kier alpha value is -5.38. The molecule has 222 valence electrons. The fourth-order valence-electron chi connectivity index (χ4n) is 5.77. The van der Waals surface area contributed by atoms with Crippen molar-refractivity contribution in [3.63, 3.8) is 0 Å². The van der Waals surface area contributed by atoms with Crippen LogP contribution in [0.15, 0.2) is 89.7 Å². The van der Waals surface area contributed by atoms with Crippen LogP contribution in [0.5, 0.6) is 5.75 Å². The maximum absolute atomic E-state index is 15.6. The summed E-state index contributed by atoms with van der Waals surface area (Å²) in [5.41, 5.74) is 0.456. The fourth-order valence-corrected chi connectivity index (χ4v) is 5.77. The highest BCUT2D eigenvalue weighted by Gasteiger charge is 2.32. The van der Waals surface area contributed by atoms with Gasteiger partial charge >= 0.3 is 0 Å². The van der Waals surface area contributed by atoms with Crippen LogP contribution in [-0.4, -0.2) is 27.1 Å². The van der Waals surface area contributed by atoms with Gasteiger partial charge in [-0.05, 0) is 60.5 Å². The van der Waals surface area contributed by atoms with E-state index in [0.29, 0.717) is 33.1 Å². The van der Waals surface area contributed by atoms with Crippen LogP contribution in [0.4, 0.5) is 17.6 Å². The number of hydrogen-bond acceptors (Lipinski definition) is 3. The predicted octanol–water partition coefficient (Wildman–Crippen LogP) is 6.43. The monoisotopic (exact) mass is 599 g/mol. The summed E-state index contributed by atoms with van der Waals surface area (Å²) < 4.78 is 59.5. The number of carbonyl (C=O) groups excluding carboxylic acids is 1. The number of aromatic nitrogens is 2. The quantitative estimate of drug-likeness (QED) is 0.185. The molecule has 0 saturated carbocycles. The topological polar surface area (TPSA) is 87.1 Å². The number of para-hydroxylation sites is 2. The van der Waals surface area contributed by atoms with Gasteiger partial charge in [0.15, 0.2) is 11.6 Å². The fraction of sp³-hybridized carbons (Fsp3) is 0.118. The summed E-state index contributed by atoms with van der Waals surface area (Å²) in [6, 6.07) is 20.0. The maximum Gasteiger partial charge on any atom is 0.258 e. The zero-order chi connectivity index (χ0) is 31.1. The van der Waals surface area contributed by atoms with Crippen molar-refractivity contribution in [3.8, 4) is 5.75 Å². The first-order valence-corrected chi connectivity index (χ1v) is 13.7. The van der Waals surface area contributed by atoms with Crippen LogP contribution in [0.25, 0.3) is 21.8 Å². The summed E-state index contributed by atoms with van der Waals surface area (Å²) in [5, 5.41) is 15.1. The molecule has 0 aliphatic heterocycles. The van der Waals surface area contributed by atoms with Crippen molar-refractivity contribution in [3.05, 3.63) is 146 Å². The van der Waals surface area contributed by atoms with Crippen molar-refractivity contribution < 1.29 is 27.5 Å². The van der Waals surface area contributed by atoms with Gasteiger partial charge in [-0.25, -0.2) is 17.6 Å². The molecule has 4 aromatic carbocycles. The molecular formula is C34H25F4N3O3. The van der Waals surface area contributed by atoms with Gasteiger partial charge in [0.2, 0.25) is 0 Å². The van der Waals surface area contributed by atoms with Gasteiger partial charge in [-0.2, -0.15) is 0 Å². The molecule has 44 heavy (non-hydrogen) atoms. The number of aromatic hydroxyl groups is 1. The number of nitrogens with zero attached hydrogens (tertiary/aromatic N) is 1. The molecule has 1 unspecified atom stereocenters. The second-order valence-corrected chi connectivity index (χ2v) is 10.4. The number of hydrogen-bond donors (Lipinski definition) is 3. The van der Waals surface area contributed by atoms with E-state index in [0.717, 1.165) is 30.3 Å². The van der Waals surface area contributed by atoms with E-state index in [2.05, 4.69) is 10.3 Å². The van der Waals surface area contributed by atoms with Gasteiger partial charge in [-0.3, -0.25) is 9.59 Å². The summed E-state index contributed by atoms with van der Waals surface area (Å²) in [6.45, 7) is -0.0519. The molecule has 6 nitrogen and oxygen atoms in total. The van der Waals surface area contributed by atoms with Crippen LogP contribution < -0.4 is 10.9 Å². The van der Waals surface area contributed by atoms with Crippen molar-refractivity contribution in [1.29, 1.82) is 0 Å². The lowest BCUT2D eigenvalue weighted by atomic mass is 9.84. The second-order valence-electron chi connectivity index (χ2n) is 10.4. The number of H-pyrrole nitrogens is 1. The highest BCUT2D eigenvalue weighted by Crippen LogP contribution is 2.42. The average Bonchev–Trinajstić information content (AvgIpc) is 3.38. The zero-order valence-electron chi connectivity index (χ0n) is 23.3. The smallest absolute Gasteiger partial charge is 0.258 e. The molecule has 10 heteroatoms. The first-order valence-electron chi connectivity index (χ1n) is 13.7. The molecule has 1 amide bonds. The molecule has 0 fully saturated rings. The number of amides is 1. The van der Waals surface area contributed by atoms with Crippen LogP contribution in [0, 0.1) is 23.3 Å². The van der Waals surface area contributed by atoms with E-state index in [1.54, 1.807) is 48.5 Å². The third-order valence-electron chi connectivity index (χ3n) is 7.86. The molecule has 0 aliphatic carbocycles. The standard InChI is InChI=1S/C34H25F4N3O3/c1-41-27-12-5-3-8-21(27)32(42)29(34(41)44)28(23-17-18(35)13-14-24(23)36)31-20(19-7-2-4-11-26(19)40-31)15-16-39-33(43)22-9-6-10-25(37)30(22)38/h2-14,17,28,40,42H,15-16H2,1H3,(H,39,43). The summed E-state index contributed by atoms with van der Waals surface area (Å²) in [4.78, 5) is 29.8. The van der Waals surface area contributed by atoms with Gasteiger partial charge in [-0.15, -0.1) is 0 Å². The second kappa shape index (κ2) is 11.4. The molecule has 6 rings (SSSR count). The minimum atomic E-state index is -1.30. The SMILES string of the molecule is Cn1c(=O)c(C(c2cc(F)ccc2F)c2[nH]c3ccccc3c2CCNC(=O)c2cccc(F)c2F)c(O)c2ccccc21. The largest absolute Gasteiger partial charge is 0.507 e.